The normalized spacial score (nSPS) is 13.2. The summed E-state index contributed by atoms with van der Waals surface area (Å²) in [5.41, 5.74) is 2.95. The highest BCUT2D eigenvalue weighted by atomic mass is 16.5. The van der Waals surface area contributed by atoms with Crippen LogP contribution in [0.4, 0.5) is 0 Å². The molecule has 0 spiro atoms. The molecule has 2 nitrogen and oxygen atoms in total. The van der Waals surface area contributed by atoms with Crippen molar-refractivity contribution in [2.24, 2.45) is 0 Å². The largest absolute Gasteiger partial charge is 0.481 e. The summed E-state index contributed by atoms with van der Waals surface area (Å²) >= 11 is 0. The van der Waals surface area contributed by atoms with Crippen LogP contribution in [0.1, 0.15) is 77.8 Å². The standard InChI is InChI=1S/C16H27NO.C2H6/c1-6-8-10-16(4,9-7-2)14-12-17-15(18-5)11-13(14)3;1-2/h11-12H,6-10H2,1-5H3;1-2H3. The van der Waals surface area contributed by atoms with Gasteiger partial charge in [0.15, 0.2) is 0 Å². The summed E-state index contributed by atoms with van der Waals surface area (Å²) in [6, 6.07) is 2.05. The third-order valence-electron chi connectivity index (χ3n) is 3.83. The number of aryl methyl sites for hydroxylation is 1. The third kappa shape index (κ3) is 5.15. The summed E-state index contributed by atoms with van der Waals surface area (Å²) in [4.78, 5) is 4.39. The van der Waals surface area contributed by atoms with Gasteiger partial charge in [0.05, 0.1) is 7.11 Å². The lowest BCUT2D eigenvalue weighted by Crippen LogP contribution is -2.23. The molecule has 0 aliphatic rings. The first-order valence-electron chi connectivity index (χ1n) is 8.08. The molecule has 2 heteroatoms. The van der Waals surface area contributed by atoms with E-state index in [1.807, 2.05) is 20.0 Å². The van der Waals surface area contributed by atoms with E-state index in [0.29, 0.717) is 5.88 Å². The van der Waals surface area contributed by atoms with Gasteiger partial charge < -0.3 is 4.74 Å². The number of pyridine rings is 1. The van der Waals surface area contributed by atoms with E-state index in [9.17, 15) is 0 Å². The smallest absolute Gasteiger partial charge is 0.213 e. The van der Waals surface area contributed by atoms with Crippen LogP contribution in [0.25, 0.3) is 0 Å². The van der Waals surface area contributed by atoms with Crippen LogP contribution in [-0.4, -0.2) is 12.1 Å². The molecule has 1 heterocycles. The third-order valence-corrected chi connectivity index (χ3v) is 3.83. The van der Waals surface area contributed by atoms with Gasteiger partial charge in [-0.05, 0) is 36.3 Å². The summed E-state index contributed by atoms with van der Waals surface area (Å²) in [5, 5.41) is 0. The van der Waals surface area contributed by atoms with Gasteiger partial charge in [0, 0.05) is 12.3 Å². The zero-order valence-corrected chi connectivity index (χ0v) is 14.5. The number of hydrogen-bond acceptors (Lipinski definition) is 2. The number of ether oxygens (including phenoxy) is 1. The fourth-order valence-electron chi connectivity index (χ4n) is 2.79. The number of unbranched alkanes of at least 4 members (excludes halogenated alkanes) is 1. The molecule has 0 aromatic carbocycles. The second-order valence-corrected chi connectivity index (χ2v) is 5.46. The average molecular weight is 279 g/mol. The van der Waals surface area contributed by atoms with Crippen LogP contribution in [-0.2, 0) is 5.41 Å². The van der Waals surface area contributed by atoms with Gasteiger partial charge in [0.2, 0.25) is 5.88 Å². The Bertz CT molecular complexity index is 376. The van der Waals surface area contributed by atoms with Gasteiger partial charge in [-0.3, -0.25) is 0 Å². The van der Waals surface area contributed by atoms with Crippen molar-refractivity contribution in [2.45, 2.75) is 79.1 Å². The molecule has 0 fully saturated rings. The monoisotopic (exact) mass is 279 g/mol. The molecule has 1 aromatic rings. The SMILES string of the molecule is CC.CCCCC(C)(CCC)c1cnc(OC)cc1C. The van der Waals surface area contributed by atoms with Crippen molar-refractivity contribution in [1.82, 2.24) is 4.98 Å². The minimum atomic E-state index is 0.258. The molecule has 1 atom stereocenters. The van der Waals surface area contributed by atoms with Crippen LogP contribution in [0.15, 0.2) is 12.3 Å². The summed E-state index contributed by atoms with van der Waals surface area (Å²) in [7, 11) is 1.67. The van der Waals surface area contributed by atoms with E-state index in [1.54, 1.807) is 7.11 Å². The molecular weight excluding hydrogens is 246 g/mol. The second kappa shape index (κ2) is 9.79. The maximum atomic E-state index is 5.19. The minimum Gasteiger partial charge on any atom is -0.481 e. The van der Waals surface area contributed by atoms with Crippen LogP contribution in [0.2, 0.25) is 0 Å². The number of methoxy groups -OCH3 is 1. The van der Waals surface area contributed by atoms with Gasteiger partial charge in [-0.2, -0.15) is 0 Å². The van der Waals surface area contributed by atoms with E-state index in [2.05, 4.69) is 38.7 Å². The van der Waals surface area contributed by atoms with Crippen LogP contribution in [0.5, 0.6) is 5.88 Å². The Hall–Kier alpha value is -1.05. The molecule has 1 rings (SSSR count). The predicted octanol–water partition coefficient (Wildman–Crippen LogP) is 5.67. The van der Waals surface area contributed by atoms with E-state index in [4.69, 9.17) is 4.74 Å². The van der Waals surface area contributed by atoms with Gasteiger partial charge >= 0.3 is 0 Å². The van der Waals surface area contributed by atoms with Crippen molar-refractivity contribution in [3.8, 4) is 5.88 Å². The van der Waals surface area contributed by atoms with Gasteiger partial charge in [-0.15, -0.1) is 0 Å². The van der Waals surface area contributed by atoms with Crippen molar-refractivity contribution < 1.29 is 4.74 Å². The number of nitrogens with zero attached hydrogens (tertiary/aromatic N) is 1. The molecule has 1 unspecified atom stereocenters. The Kier molecular flexibility index (Phi) is 9.28. The van der Waals surface area contributed by atoms with Crippen molar-refractivity contribution in [2.75, 3.05) is 7.11 Å². The van der Waals surface area contributed by atoms with Crippen molar-refractivity contribution in [1.29, 1.82) is 0 Å². The zero-order chi connectivity index (χ0) is 15.6. The Morgan fingerprint density at radius 1 is 1.15 bits per heavy atom. The van der Waals surface area contributed by atoms with Crippen molar-refractivity contribution in [3.63, 3.8) is 0 Å². The molecule has 0 saturated heterocycles. The Labute approximate surface area is 126 Å². The molecule has 0 bridgehead atoms. The molecule has 0 N–H and O–H groups in total. The molecule has 1 aromatic heterocycles. The predicted molar refractivity (Wildman–Crippen MR) is 88.7 cm³/mol. The minimum absolute atomic E-state index is 0.258. The quantitative estimate of drug-likeness (QED) is 0.641. The Balaban J connectivity index is 0.00000172. The second-order valence-electron chi connectivity index (χ2n) is 5.46. The Morgan fingerprint density at radius 2 is 1.80 bits per heavy atom. The summed E-state index contributed by atoms with van der Waals surface area (Å²) in [5.74, 6) is 0.714. The van der Waals surface area contributed by atoms with Crippen LogP contribution in [0, 0.1) is 6.92 Å². The van der Waals surface area contributed by atoms with Crippen molar-refractivity contribution >= 4 is 0 Å². The van der Waals surface area contributed by atoms with E-state index in [-0.39, 0.29) is 5.41 Å². The fourth-order valence-corrected chi connectivity index (χ4v) is 2.79. The molecule has 0 radical (unpaired) electrons. The summed E-state index contributed by atoms with van der Waals surface area (Å²) in [6.07, 6.45) is 8.23. The maximum Gasteiger partial charge on any atom is 0.213 e. The summed E-state index contributed by atoms with van der Waals surface area (Å²) < 4.78 is 5.19. The van der Waals surface area contributed by atoms with Crippen LogP contribution >= 0.6 is 0 Å². The van der Waals surface area contributed by atoms with Gasteiger partial charge in [-0.25, -0.2) is 4.98 Å². The van der Waals surface area contributed by atoms with E-state index in [0.717, 1.165) is 0 Å². The number of rotatable bonds is 7. The highest BCUT2D eigenvalue weighted by Gasteiger charge is 2.27. The van der Waals surface area contributed by atoms with E-state index in [1.165, 1.54) is 43.2 Å². The van der Waals surface area contributed by atoms with Crippen LogP contribution < -0.4 is 4.74 Å². The number of aromatic nitrogens is 1. The van der Waals surface area contributed by atoms with Crippen molar-refractivity contribution in [3.05, 3.63) is 23.4 Å². The van der Waals surface area contributed by atoms with E-state index < -0.39 is 0 Å². The molecule has 0 aliphatic carbocycles. The lowest BCUT2D eigenvalue weighted by atomic mass is 9.74. The molecule has 20 heavy (non-hydrogen) atoms. The first-order valence-corrected chi connectivity index (χ1v) is 8.08. The molecule has 0 aliphatic heterocycles. The average Bonchev–Trinajstić information content (AvgIpc) is 2.47. The Morgan fingerprint density at radius 3 is 2.25 bits per heavy atom. The molecule has 0 saturated carbocycles. The van der Waals surface area contributed by atoms with Gasteiger partial charge in [0.1, 0.15) is 0 Å². The molecular formula is C18H33NO. The lowest BCUT2D eigenvalue weighted by Gasteiger charge is -2.31. The lowest BCUT2D eigenvalue weighted by molar-refractivity contribution is 0.373. The fraction of sp³-hybridized carbons (Fsp3) is 0.722. The topological polar surface area (TPSA) is 22.1 Å². The zero-order valence-electron chi connectivity index (χ0n) is 14.5. The highest BCUT2D eigenvalue weighted by Crippen LogP contribution is 2.36. The first-order chi connectivity index (χ1) is 9.57. The first kappa shape index (κ1) is 18.9. The van der Waals surface area contributed by atoms with Crippen LogP contribution in [0.3, 0.4) is 0 Å². The van der Waals surface area contributed by atoms with Gasteiger partial charge in [-0.1, -0.05) is 53.9 Å². The summed E-state index contributed by atoms with van der Waals surface area (Å²) in [6.45, 7) is 13.1. The molecule has 0 amide bonds. The van der Waals surface area contributed by atoms with Gasteiger partial charge in [0.25, 0.3) is 0 Å². The maximum absolute atomic E-state index is 5.19. The molecule has 116 valence electrons. The van der Waals surface area contributed by atoms with E-state index >= 15 is 0 Å². The highest BCUT2D eigenvalue weighted by molar-refractivity contribution is 5.34. The number of hydrogen-bond donors (Lipinski definition) is 0.